The molecule has 0 bridgehead atoms. The average molecular weight is 348 g/mol. The molecule has 0 radical (unpaired) electrons. The van der Waals surface area contributed by atoms with Gasteiger partial charge in [0.2, 0.25) is 0 Å². The third-order valence-corrected chi connectivity index (χ3v) is 6.89. The number of hydrogen-bond donors (Lipinski definition) is 1. The number of likely N-dealkylation sites (tertiary alicyclic amines) is 2. The van der Waals surface area contributed by atoms with Crippen LogP contribution in [0.5, 0.6) is 0 Å². The summed E-state index contributed by atoms with van der Waals surface area (Å²) in [6, 6.07) is 3.94. The van der Waals surface area contributed by atoms with E-state index in [2.05, 4.69) is 0 Å². The molecule has 2 amide bonds. The van der Waals surface area contributed by atoms with Crippen molar-refractivity contribution in [2.24, 2.45) is 0 Å². The molecule has 2 saturated heterocycles. The Morgan fingerprint density at radius 2 is 1.92 bits per heavy atom. The molecule has 2 aliphatic heterocycles. The highest BCUT2D eigenvalue weighted by Gasteiger charge is 2.61. The second-order valence-corrected chi connectivity index (χ2v) is 8.22. The number of amides is 2. The van der Waals surface area contributed by atoms with Gasteiger partial charge in [-0.3, -0.25) is 9.59 Å². The molecule has 1 spiro atoms. The molecular weight excluding hydrogens is 324 g/mol. The van der Waals surface area contributed by atoms with Gasteiger partial charge in [-0.25, -0.2) is 0 Å². The minimum Gasteiger partial charge on any atom is -0.381 e. The van der Waals surface area contributed by atoms with Crippen LogP contribution in [0, 0.1) is 0 Å². The Morgan fingerprint density at radius 1 is 1.21 bits per heavy atom. The fourth-order valence-corrected chi connectivity index (χ4v) is 5.44. The summed E-state index contributed by atoms with van der Waals surface area (Å²) in [6.45, 7) is 1.38. The molecule has 1 N–H and O–H groups in total. The van der Waals surface area contributed by atoms with Crippen LogP contribution in [-0.4, -0.2) is 57.5 Å². The molecule has 130 valence electrons. The van der Waals surface area contributed by atoms with Gasteiger partial charge in [-0.15, -0.1) is 11.3 Å². The number of β-lactam (4-membered cyclic amide) rings is 1. The predicted molar refractivity (Wildman–Crippen MR) is 91.9 cm³/mol. The molecule has 4 rings (SSSR count). The maximum atomic E-state index is 12.4. The van der Waals surface area contributed by atoms with E-state index in [-0.39, 0.29) is 23.4 Å². The summed E-state index contributed by atoms with van der Waals surface area (Å²) in [4.78, 5) is 29.5. The zero-order valence-electron chi connectivity index (χ0n) is 13.8. The zero-order valence-corrected chi connectivity index (χ0v) is 14.6. The van der Waals surface area contributed by atoms with Crippen LogP contribution in [0.15, 0.2) is 17.5 Å². The van der Waals surface area contributed by atoms with E-state index in [9.17, 15) is 14.7 Å². The van der Waals surface area contributed by atoms with Gasteiger partial charge >= 0.3 is 0 Å². The Labute approximate surface area is 146 Å². The summed E-state index contributed by atoms with van der Waals surface area (Å²) in [5, 5.41) is 12.2. The molecule has 6 heteroatoms. The van der Waals surface area contributed by atoms with Gasteiger partial charge in [0.05, 0.1) is 10.4 Å². The molecule has 5 nitrogen and oxygen atoms in total. The van der Waals surface area contributed by atoms with Crippen LogP contribution in [-0.2, 0) is 4.79 Å². The fourth-order valence-electron chi connectivity index (χ4n) is 4.75. The van der Waals surface area contributed by atoms with E-state index in [4.69, 9.17) is 0 Å². The first-order valence-corrected chi connectivity index (χ1v) is 9.85. The van der Waals surface area contributed by atoms with Crippen LogP contribution < -0.4 is 0 Å². The lowest BCUT2D eigenvalue weighted by atomic mass is 9.68. The number of thiophene rings is 1. The number of aliphatic hydroxyl groups is 1. The quantitative estimate of drug-likeness (QED) is 0.834. The average Bonchev–Trinajstić information content (AvgIpc) is 3.17. The van der Waals surface area contributed by atoms with Crippen LogP contribution in [0.25, 0.3) is 0 Å². The largest absolute Gasteiger partial charge is 0.381 e. The van der Waals surface area contributed by atoms with Crippen molar-refractivity contribution < 1.29 is 14.7 Å². The van der Waals surface area contributed by atoms with Crippen molar-refractivity contribution in [3.05, 3.63) is 22.4 Å². The van der Waals surface area contributed by atoms with Crippen molar-refractivity contribution >= 4 is 23.2 Å². The highest BCUT2D eigenvalue weighted by atomic mass is 32.1. The van der Waals surface area contributed by atoms with Crippen LogP contribution in [0.3, 0.4) is 0 Å². The van der Waals surface area contributed by atoms with Crippen molar-refractivity contribution in [3.63, 3.8) is 0 Å². The molecular formula is C18H24N2O3S. The van der Waals surface area contributed by atoms with E-state index in [1.54, 1.807) is 0 Å². The van der Waals surface area contributed by atoms with Crippen molar-refractivity contribution in [2.75, 3.05) is 13.1 Å². The summed E-state index contributed by atoms with van der Waals surface area (Å²) >= 11 is 1.48. The maximum absolute atomic E-state index is 12.4. The standard InChI is InChI=1S/C18H24N2O3S/c21-15-17(23)20(18(15)8-2-1-3-9-18)13-6-10-19(11-7-13)16(22)14-5-4-12-24-14/h4-5,12-13,15,21H,1-3,6-11H2. The summed E-state index contributed by atoms with van der Waals surface area (Å²) < 4.78 is 0. The molecule has 1 saturated carbocycles. The predicted octanol–water partition coefficient (Wildman–Crippen LogP) is 2.26. The SMILES string of the molecule is O=C(c1cccs1)N1CCC(N2C(=O)C(O)C23CCCCC3)CC1. The van der Waals surface area contributed by atoms with Gasteiger partial charge in [0.25, 0.3) is 11.8 Å². The van der Waals surface area contributed by atoms with Crippen molar-refractivity contribution in [1.82, 2.24) is 9.80 Å². The Kier molecular flexibility index (Phi) is 4.12. The molecule has 0 aromatic carbocycles. The number of nitrogens with zero attached hydrogens (tertiary/aromatic N) is 2. The Morgan fingerprint density at radius 3 is 2.54 bits per heavy atom. The molecule has 1 aliphatic carbocycles. The second-order valence-electron chi connectivity index (χ2n) is 7.28. The van der Waals surface area contributed by atoms with Gasteiger partial charge in [0.1, 0.15) is 0 Å². The normalized spacial score (nSPS) is 27.4. The van der Waals surface area contributed by atoms with Crippen molar-refractivity contribution in [2.45, 2.75) is 62.6 Å². The third kappa shape index (κ3) is 2.39. The van der Waals surface area contributed by atoms with E-state index < -0.39 is 6.10 Å². The van der Waals surface area contributed by atoms with E-state index >= 15 is 0 Å². The summed E-state index contributed by atoms with van der Waals surface area (Å²) in [5.74, 6) is 0.00531. The topological polar surface area (TPSA) is 60.9 Å². The molecule has 1 aromatic heterocycles. The van der Waals surface area contributed by atoms with Gasteiger partial charge in [-0.05, 0) is 37.1 Å². The van der Waals surface area contributed by atoms with Crippen molar-refractivity contribution in [1.29, 1.82) is 0 Å². The molecule has 1 aromatic rings. The molecule has 1 atom stereocenters. The first kappa shape index (κ1) is 16.1. The van der Waals surface area contributed by atoms with E-state index in [0.29, 0.717) is 13.1 Å². The zero-order chi connectivity index (χ0) is 16.7. The summed E-state index contributed by atoms with van der Waals surface area (Å²) in [7, 11) is 0. The number of rotatable bonds is 2. The minimum atomic E-state index is -0.802. The highest BCUT2D eigenvalue weighted by Crippen LogP contribution is 2.46. The maximum Gasteiger partial charge on any atom is 0.263 e. The molecule has 3 fully saturated rings. The Bertz CT molecular complexity index is 616. The van der Waals surface area contributed by atoms with E-state index in [1.807, 2.05) is 27.3 Å². The monoisotopic (exact) mass is 348 g/mol. The van der Waals surface area contributed by atoms with E-state index in [0.717, 1.165) is 43.4 Å². The number of aliphatic hydroxyl groups excluding tert-OH is 1. The Balaban J connectivity index is 1.42. The van der Waals surface area contributed by atoms with Gasteiger partial charge in [-0.1, -0.05) is 25.3 Å². The Hall–Kier alpha value is -1.40. The van der Waals surface area contributed by atoms with Gasteiger partial charge in [0.15, 0.2) is 6.10 Å². The lowest BCUT2D eigenvalue weighted by Gasteiger charge is -2.61. The lowest BCUT2D eigenvalue weighted by Crippen LogP contribution is -2.77. The summed E-state index contributed by atoms with van der Waals surface area (Å²) in [5.41, 5.74) is -0.306. The smallest absolute Gasteiger partial charge is 0.263 e. The second kappa shape index (κ2) is 6.15. The van der Waals surface area contributed by atoms with Crippen LogP contribution in [0.1, 0.15) is 54.6 Å². The van der Waals surface area contributed by atoms with Gasteiger partial charge in [0, 0.05) is 19.1 Å². The van der Waals surface area contributed by atoms with Crippen LogP contribution in [0.2, 0.25) is 0 Å². The first-order chi connectivity index (χ1) is 11.6. The lowest BCUT2D eigenvalue weighted by molar-refractivity contribution is -0.200. The van der Waals surface area contributed by atoms with Gasteiger partial charge in [-0.2, -0.15) is 0 Å². The fraction of sp³-hybridized carbons (Fsp3) is 0.667. The van der Waals surface area contributed by atoms with Crippen LogP contribution in [0.4, 0.5) is 0 Å². The van der Waals surface area contributed by atoms with Crippen molar-refractivity contribution in [3.8, 4) is 0 Å². The molecule has 3 aliphatic rings. The molecule has 1 unspecified atom stereocenters. The first-order valence-electron chi connectivity index (χ1n) is 8.97. The number of piperidine rings is 1. The highest BCUT2D eigenvalue weighted by molar-refractivity contribution is 7.12. The third-order valence-electron chi connectivity index (χ3n) is 6.03. The molecule has 24 heavy (non-hydrogen) atoms. The van der Waals surface area contributed by atoms with Crippen LogP contribution >= 0.6 is 11.3 Å². The number of hydrogen-bond acceptors (Lipinski definition) is 4. The number of carbonyl (C=O) groups is 2. The van der Waals surface area contributed by atoms with Gasteiger partial charge < -0.3 is 14.9 Å². The summed E-state index contributed by atoms with van der Waals surface area (Å²) in [6.07, 6.45) is 6.07. The van der Waals surface area contributed by atoms with E-state index in [1.165, 1.54) is 17.8 Å². The molecule has 3 heterocycles. The number of carbonyl (C=O) groups excluding carboxylic acids is 2. The minimum absolute atomic E-state index is 0.0973.